The Bertz CT molecular complexity index is 761. The molecule has 4 rings (SSSR count). The number of thiophene rings is 1. The predicted molar refractivity (Wildman–Crippen MR) is 97.5 cm³/mol. The maximum atomic E-state index is 12.3. The Morgan fingerprint density at radius 2 is 2.08 bits per heavy atom. The number of aromatic nitrogens is 1. The summed E-state index contributed by atoms with van der Waals surface area (Å²) in [5, 5.41) is 10.6. The smallest absolute Gasteiger partial charge is 0.273 e. The second-order valence-electron chi connectivity index (χ2n) is 6.79. The number of rotatable bonds is 6. The average molecular weight is 374 g/mol. The highest BCUT2D eigenvalue weighted by molar-refractivity contribution is 7.08. The summed E-state index contributed by atoms with van der Waals surface area (Å²) in [5.41, 5.74) is 1.13. The molecule has 7 nitrogen and oxygen atoms in total. The van der Waals surface area contributed by atoms with Crippen LogP contribution in [0.5, 0.6) is 0 Å². The Morgan fingerprint density at radius 3 is 2.77 bits per heavy atom. The van der Waals surface area contributed by atoms with Gasteiger partial charge in [-0.2, -0.15) is 11.3 Å². The van der Waals surface area contributed by atoms with E-state index in [0.29, 0.717) is 18.2 Å². The Hall–Kier alpha value is -2.19. The third kappa shape index (κ3) is 3.96. The summed E-state index contributed by atoms with van der Waals surface area (Å²) in [6, 6.07) is 3.62. The molecule has 1 saturated carbocycles. The molecule has 0 radical (unpaired) electrons. The molecule has 0 aromatic carbocycles. The van der Waals surface area contributed by atoms with Crippen LogP contribution in [0.15, 0.2) is 27.4 Å². The lowest BCUT2D eigenvalue weighted by Gasteiger charge is -2.34. The van der Waals surface area contributed by atoms with E-state index in [1.807, 2.05) is 21.7 Å². The van der Waals surface area contributed by atoms with Gasteiger partial charge in [0.1, 0.15) is 5.76 Å². The van der Waals surface area contributed by atoms with Crippen molar-refractivity contribution in [1.82, 2.24) is 20.3 Å². The molecule has 0 unspecified atom stereocenters. The SMILES string of the molecule is O=C(NCCN1CCN(C(=O)c2ccsc2)CC1)c1cc(C2CC2)on1. The Balaban J connectivity index is 1.17. The molecule has 0 bridgehead atoms. The van der Waals surface area contributed by atoms with Gasteiger partial charge in [-0.15, -0.1) is 0 Å². The van der Waals surface area contributed by atoms with E-state index in [2.05, 4.69) is 15.4 Å². The number of nitrogens with zero attached hydrogens (tertiary/aromatic N) is 3. The van der Waals surface area contributed by atoms with Crippen molar-refractivity contribution in [2.24, 2.45) is 0 Å². The highest BCUT2D eigenvalue weighted by Crippen LogP contribution is 2.40. The van der Waals surface area contributed by atoms with Gasteiger partial charge in [0.05, 0.1) is 5.56 Å². The molecule has 138 valence electrons. The Labute approximate surface area is 155 Å². The number of hydrogen-bond acceptors (Lipinski definition) is 6. The zero-order chi connectivity index (χ0) is 17.9. The maximum Gasteiger partial charge on any atom is 0.273 e. The standard InChI is InChI=1S/C18H22N4O3S/c23-17(15-11-16(25-20-15)13-1-2-13)19-4-5-21-6-8-22(9-7-21)18(24)14-3-10-26-12-14/h3,10-13H,1-2,4-9H2,(H,19,23). The molecule has 8 heteroatoms. The van der Waals surface area contributed by atoms with Gasteiger partial charge in [-0.25, -0.2) is 0 Å². The molecule has 2 aromatic heterocycles. The van der Waals surface area contributed by atoms with Gasteiger partial charge in [-0.05, 0) is 24.3 Å². The van der Waals surface area contributed by atoms with Crippen molar-refractivity contribution in [2.45, 2.75) is 18.8 Å². The average Bonchev–Trinajstić information content (AvgIpc) is 3.16. The van der Waals surface area contributed by atoms with Crippen LogP contribution in [-0.4, -0.2) is 66.0 Å². The molecule has 2 amide bonds. The van der Waals surface area contributed by atoms with E-state index in [9.17, 15) is 9.59 Å². The van der Waals surface area contributed by atoms with Crippen LogP contribution in [0.4, 0.5) is 0 Å². The van der Waals surface area contributed by atoms with Gasteiger partial charge in [-0.1, -0.05) is 5.16 Å². The summed E-state index contributed by atoms with van der Waals surface area (Å²) in [7, 11) is 0. The van der Waals surface area contributed by atoms with E-state index in [-0.39, 0.29) is 11.8 Å². The second kappa shape index (κ2) is 7.59. The molecule has 26 heavy (non-hydrogen) atoms. The summed E-state index contributed by atoms with van der Waals surface area (Å²) >= 11 is 1.54. The minimum Gasteiger partial charge on any atom is -0.360 e. The fourth-order valence-corrected chi connectivity index (χ4v) is 3.75. The summed E-state index contributed by atoms with van der Waals surface area (Å²) in [6.07, 6.45) is 2.24. The number of carbonyl (C=O) groups is 2. The number of amides is 2. The van der Waals surface area contributed by atoms with Crippen LogP contribution < -0.4 is 5.32 Å². The van der Waals surface area contributed by atoms with Crippen molar-refractivity contribution in [2.75, 3.05) is 39.3 Å². The second-order valence-corrected chi connectivity index (χ2v) is 7.57. The van der Waals surface area contributed by atoms with Gasteiger partial charge >= 0.3 is 0 Å². The highest BCUT2D eigenvalue weighted by Gasteiger charge is 2.29. The third-order valence-electron chi connectivity index (χ3n) is 4.88. The van der Waals surface area contributed by atoms with Crippen LogP contribution in [-0.2, 0) is 0 Å². The van der Waals surface area contributed by atoms with E-state index in [1.165, 1.54) is 0 Å². The summed E-state index contributed by atoms with van der Waals surface area (Å²) in [4.78, 5) is 28.6. The fraction of sp³-hybridized carbons (Fsp3) is 0.500. The molecule has 1 saturated heterocycles. The van der Waals surface area contributed by atoms with Crippen molar-refractivity contribution >= 4 is 23.2 Å². The van der Waals surface area contributed by atoms with Crippen LogP contribution in [0.2, 0.25) is 0 Å². The van der Waals surface area contributed by atoms with Crippen LogP contribution >= 0.6 is 11.3 Å². The van der Waals surface area contributed by atoms with E-state index < -0.39 is 0 Å². The van der Waals surface area contributed by atoms with Crippen molar-refractivity contribution in [3.8, 4) is 0 Å². The van der Waals surface area contributed by atoms with Gasteiger partial charge < -0.3 is 14.7 Å². The largest absolute Gasteiger partial charge is 0.360 e. The van der Waals surface area contributed by atoms with Crippen molar-refractivity contribution in [3.05, 3.63) is 39.9 Å². The Morgan fingerprint density at radius 1 is 1.27 bits per heavy atom. The quantitative estimate of drug-likeness (QED) is 0.834. The zero-order valence-corrected chi connectivity index (χ0v) is 15.3. The van der Waals surface area contributed by atoms with E-state index in [0.717, 1.165) is 56.9 Å². The van der Waals surface area contributed by atoms with Crippen molar-refractivity contribution in [1.29, 1.82) is 0 Å². The zero-order valence-electron chi connectivity index (χ0n) is 14.5. The number of piperazine rings is 1. The van der Waals surface area contributed by atoms with E-state index in [1.54, 1.807) is 17.4 Å². The number of nitrogens with one attached hydrogen (secondary N) is 1. The van der Waals surface area contributed by atoms with Gasteiger partial charge in [0.25, 0.3) is 11.8 Å². The van der Waals surface area contributed by atoms with Crippen molar-refractivity contribution in [3.63, 3.8) is 0 Å². The minimum atomic E-state index is -0.188. The van der Waals surface area contributed by atoms with Crippen molar-refractivity contribution < 1.29 is 14.1 Å². The summed E-state index contributed by atoms with van der Waals surface area (Å²) < 4.78 is 5.21. The first-order valence-corrected chi connectivity index (χ1v) is 9.93. The van der Waals surface area contributed by atoms with Gasteiger partial charge in [0, 0.05) is 56.6 Å². The number of carbonyl (C=O) groups excluding carboxylic acids is 2. The lowest BCUT2D eigenvalue weighted by atomic mass is 10.2. The maximum absolute atomic E-state index is 12.3. The normalized spacial score (nSPS) is 18.1. The lowest BCUT2D eigenvalue weighted by Crippen LogP contribution is -2.50. The molecular weight excluding hydrogens is 352 g/mol. The predicted octanol–water partition coefficient (Wildman–Crippen LogP) is 1.80. The van der Waals surface area contributed by atoms with Crippen LogP contribution in [0.1, 0.15) is 45.4 Å². The van der Waals surface area contributed by atoms with Crippen LogP contribution in [0.25, 0.3) is 0 Å². The van der Waals surface area contributed by atoms with E-state index in [4.69, 9.17) is 4.52 Å². The van der Waals surface area contributed by atoms with Crippen LogP contribution in [0.3, 0.4) is 0 Å². The minimum absolute atomic E-state index is 0.108. The highest BCUT2D eigenvalue weighted by atomic mass is 32.1. The Kier molecular flexibility index (Phi) is 5.03. The molecule has 3 heterocycles. The molecule has 2 aliphatic rings. The monoisotopic (exact) mass is 374 g/mol. The summed E-state index contributed by atoms with van der Waals surface area (Å²) in [6.45, 7) is 4.40. The molecular formula is C18H22N4O3S. The molecule has 2 fully saturated rings. The molecule has 0 atom stereocenters. The number of hydrogen-bond donors (Lipinski definition) is 1. The van der Waals surface area contributed by atoms with Gasteiger partial charge in [-0.3, -0.25) is 14.5 Å². The summed E-state index contributed by atoms with van der Waals surface area (Å²) in [5.74, 6) is 1.20. The lowest BCUT2D eigenvalue weighted by molar-refractivity contribution is 0.0638. The topological polar surface area (TPSA) is 78.7 Å². The first-order valence-electron chi connectivity index (χ1n) is 8.99. The molecule has 2 aromatic rings. The molecule has 1 aliphatic heterocycles. The third-order valence-corrected chi connectivity index (χ3v) is 5.57. The molecule has 1 aliphatic carbocycles. The first kappa shape index (κ1) is 17.2. The van der Waals surface area contributed by atoms with E-state index >= 15 is 0 Å². The fourth-order valence-electron chi connectivity index (χ4n) is 3.12. The first-order chi connectivity index (χ1) is 12.7. The van der Waals surface area contributed by atoms with Gasteiger partial charge in [0.2, 0.25) is 0 Å². The molecule has 0 spiro atoms. The van der Waals surface area contributed by atoms with Gasteiger partial charge in [0.15, 0.2) is 5.69 Å². The van der Waals surface area contributed by atoms with Crippen LogP contribution in [0, 0.1) is 0 Å². The molecule has 1 N–H and O–H groups in total.